The molecule has 1 fully saturated rings. The molecule has 1 saturated heterocycles. The van der Waals surface area contributed by atoms with Gasteiger partial charge in [0, 0.05) is 0 Å². The van der Waals surface area contributed by atoms with E-state index in [-0.39, 0.29) is 5.72 Å². The van der Waals surface area contributed by atoms with E-state index in [1.165, 1.54) is 0 Å². The predicted molar refractivity (Wildman–Crippen MR) is 24.5 cm³/mol. The van der Waals surface area contributed by atoms with Crippen molar-refractivity contribution in [1.82, 2.24) is 5.48 Å². The largest absolute Gasteiger partial charge is 0.352 e. The Morgan fingerprint density at radius 1 is 1.86 bits per heavy atom. The van der Waals surface area contributed by atoms with Gasteiger partial charge in [-0.05, 0) is 6.92 Å². The molecule has 42 valence electrons. The highest BCUT2D eigenvalue weighted by molar-refractivity contribution is 4.79. The van der Waals surface area contributed by atoms with Crippen LogP contribution >= 0.6 is 0 Å². The van der Waals surface area contributed by atoms with Crippen molar-refractivity contribution in [2.24, 2.45) is 0 Å². The second-order valence-corrected chi connectivity index (χ2v) is 1.83. The Bertz CT molecular complexity index is 70.1. The van der Waals surface area contributed by atoms with E-state index < -0.39 is 0 Å². The molecule has 0 saturated carbocycles. The van der Waals surface area contributed by atoms with Crippen LogP contribution in [0.3, 0.4) is 0 Å². The van der Waals surface area contributed by atoms with E-state index in [4.69, 9.17) is 4.74 Å². The smallest absolute Gasteiger partial charge is 0.161 e. The maximum absolute atomic E-state index is 4.90. The molecule has 0 aromatic heterocycles. The second kappa shape index (κ2) is 1.43. The highest BCUT2D eigenvalue weighted by Crippen LogP contribution is 2.20. The molecule has 0 aliphatic carbocycles. The fourth-order valence-corrected chi connectivity index (χ4v) is 0.383. The number of epoxide rings is 1. The third-order valence-electron chi connectivity index (χ3n) is 0.895. The maximum atomic E-state index is 4.90. The number of nitrogens with one attached hydrogen (secondary N) is 1. The van der Waals surface area contributed by atoms with E-state index in [2.05, 4.69) is 10.3 Å². The Labute approximate surface area is 42.6 Å². The third-order valence-corrected chi connectivity index (χ3v) is 0.895. The minimum Gasteiger partial charge on any atom is -0.352 e. The molecule has 0 amide bonds. The van der Waals surface area contributed by atoms with Gasteiger partial charge in [0.1, 0.15) is 0 Å². The molecule has 3 heteroatoms. The topological polar surface area (TPSA) is 33.8 Å². The quantitative estimate of drug-likeness (QED) is 0.391. The van der Waals surface area contributed by atoms with Crippen LogP contribution in [-0.4, -0.2) is 19.4 Å². The van der Waals surface area contributed by atoms with Crippen LogP contribution in [-0.2, 0) is 9.57 Å². The molecule has 1 aliphatic rings. The van der Waals surface area contributed by atoms with Gasteiger partial charge in [-0.15, -0.1) is 0 Å². The predicted octanol–water partition coefficient (Wildman–Crippen LogP) is -0.116. The summed E-state index contributed by atoms with van der Waals surface area (Å²) in [5, 5.41) is 0. The average molecular weight is 103 g/mol. The number of hydrogen-bond acceptors (Lipinski definition) is 3. The van der Waals surface area contributed by atoms with Crippen molar-refractivity contribution in [3.05, 3.63) is 0 Å². The number of hydroxylamine groups is 1. The zero-order chi connectivity index (χ0) is 5.33. The molecule has 1 N–H and O–H groups in total. The Hall–Kier alpha value is -0.120. The van der Waals surface area contributed by atoms with Gasteiger partial charge < -0.3 is 9.57 Å². The van der Waals surface area contributed by atoms with Crippen LogP contribution in [0.5, 0.6) is 0 Å². The van der Waals surface area contributed by atoms with E-state index in [0.717, 1.165) is 6.61 Å². The Balaban J connectivity index is 2.13. The van der Waals surface area contributed by atoms with Crippen molar-refractivity contribution >= 4 is 0 Å². The SMILES string of the molecule is CONC1(C)CO1. The first-order valence-electron chi connectivity index (χ1n) is 2.21. The second-order valence-electron chi connectivity index (χ2n) is 1.83. The molecule has 0 aromatic carbocycles. The lowest BCUT2D eigenvalue weighted by atomic mass is 10.4. The van der Waals surface area contributed by atoms with Crippen molar-refractivity contribution in [2.75, 3.05) is 13.7 Å². The number of ether oxygens (including phenoxy) is 1. The minimum atomic E-state index is -0.172. The van der Waals surface area contributed by atoms with Gasteiger partial charge in [-0.3, -0.25) is 0 Å². The summed E-state index contributed by atoms with van der Waals surface area (Å²) < 4.78 is 4.90. The fraction of sp³-hybridized carbons (Fsp3) is 1.00. The lowest BCUT2D eigenvalue weighted by Crippen LogP contribution is -2.27. The van der Waals surface area contributed by atoms with E-state index in [0.29, 0.717) is 0 Å². The molecule has 1 atom stereocenters. The summed E-state index contributed by atoms with van der Waals surface area (Å²) in [7, 11) is 1.58. The first-order chi connectivity index (χ1) is 3.27. The lowest BCUT2D eigenvalue weighted by molar-refractivity contribution is 0.0187. The molecule has 1 rings (SSSR count). The third kappa shape index (κ3) is 1.12. The molecule has 0 radical (unpaired) electrons. The van der Waals surface area contributed by atoms with Crippen LogP contribution < -0.4 is 5.48 Å². The molecular weight excluding hydrogens is 94.0 g/mol. The summed E-state index contributed by atoms with van der Waals surface area (Å²) in [4.78, 5) is 4.59. The first-order valence-corrected chi connectivity index (χ1v) is 2.21. The molecular formula is C4H9NO2. The Morgan fingerprint density at radius 2 is 2.43 bits per heavy atom. The van der Waals surface area contributed by atoms with Gasteiger partial charge in [0.2, 0.25) is 0 Å². The monoisotopic (exact) mass is 103 g/mol. The molecule has 0 spiro atoms. The molecule has 1 unspecified atom stereocenters. The summed E-state index contributed by atoms with van der Waals surface area (Å²) in [6.07, 6.45) is 0. The molecule has 1 heterocycles. The van der Waals surface area contributed by atoms with Crippen LogP contribution in [0.2, 0.25) is 0 Å². The molecule has 0 aromatic rings. The summed E-state index contributed by atoms with van der Waals surface area (Å²) in [6.45, 7) is 2.68. The van der Waals surface area contributed by atoms with E-state index in [1.807, 2.05) is 6.92 Å². The van der Waals surface area contributed by atoms with Crippen molar-refractivity contribution < 1.29 is 9.57 Å². The van der Waals surface area contributed by atoms with Crippen LogP contribution in [0.4, 0.5) is 0 Å². The molecule has 0 bridgehead atoms. The van der Waals surface area contributed by atoms with Gasteiger partial charge >= 0.3 is 0 Å². The van der Waals surface area contributed by atoms with E-state index in [9.17, 15) is 0 Å². The van der Waals surface area contributed by atoms with Gasteiger partial charge in [0.25, 0.3) is 0 Å². The molecule has 3 nitrogen and oxygen atoms in total. The lowest BCUT2D eigenvalue weighted by Gasteiger charge is -2.01. The average Bonchev–Trinajstić information content (AvgIpc) is 2.22. The molecule has 1 aliphatic heterocycles. The number of hydrogen-bond donors (Lipinski definition) is 1. The molecule has 7 heavy (non-hydrogen) atoms. The summed E-state index contributed by atoms with van der Waals surface area (Å²) >= 11 is 0. The van der Waals surface area contributed by atoms with Crippen molar-refractivity contribution in [2.45, 2.75) is 12.6 Å². The Kier molecular flexibility index (Phi) is 1.03. The van der Waals surface area contributed by atoms with Crippen molar-refractivity contribution in [3.8, 4) is 0 Å². The van der Waals surface area contributed by atoms with Crippen molar-refractivity contribution in [1.29, 1.82) is 0 Å². The normalized spacial score (nSPS) is 38.6. The van der Waals surface area contributed by atoms with Crippen LogP contribution in [0.15, 0.2) is 0 Å². The zero-order valence-electron chi connectivity index (χ0n) is 4.52. The summed E-state index contributed by atoms with van der Waals surface area (Å²) in [5.41, 5.74) is 2.50. The van der Waals surface area contributed by atoms with Crippen LogP contribution in [0.1, 0.15) is 6.92 Å². The van der Waals surface area contributed by atoms with E-state index in [1.54, 1.807) is 7.11 Å². The zero-order valence-corrected chi connectivity index (χ0v) is 4.52. The van der Waals surface area contributed by atoms with Crippen LogP contribution in [0.25, 0.3) is 0 Å². The fourth-order valence-electron chi connectivity index (χ4n) is 0.383. The van der Waals surface area contributed by atoms with Gasteiger partial charge in [0.05, 0.1) is 13.7 Å². The van der Waals surface area contributed by atoms with Gasteiger partial charge in [-0.25, -0.2) is 0 Å². The van der Waals surface area contributed by atoms with E-state index >= 15 is 0 Å². The van der Waals surface area contributed by atoms with Crippen molar-refractivity contribution in [3.63, 3.8) is 0 Å². The van der Waals surface area contributed by atoms with Crippen LogP contribution in [0, 0.1) is 0 Å². The Morgan fingerprint density at radius 3 is 2.57 bits per heavy atom. The van der Waals surface area contributed by atoms with Gasteiger partial charge in [-0.1, -0.05) is 0 Å². The first kappa shape index (κ1) is 5.03. The number of rotatable bonds is 2. The minimum absolute atomic E-state index is 0.172. The summed E-state index contributed by atoms with van der Waals surface area (Å²) in [6, 6.07) is 0. The highest BCUT2D eigenvalue weighted by atomic mass is 16.7. The maximum Gasteiger partial charge on any atom is 0.161 e. The highest BCUT2D eigenvalue weighted by Gasteiger charge is 2.39. The van der Waals surface area contributed by atoms with Gasteiger partial charge in [0.15, 0.2) is 5.72 Å². The standard InChI is InChI=1S/C4H9NO2/c1-4(3-7-4)5-6-2/h5H,3H2,1-2H3. The summed E-state index contributed by atoms with van der Waals surface area (Å²) in [5.74, 6) is 0. The van der Waals surface area contributed by atoms with Gasteiger partial charge in [-0.2, -0.15) is 5.48 Å².